The molecule has 1 amide bonds. The van der Waals surface area contributed by atoms with Crippen LogP contribution in [-0.2, 0) is 27.9 Å². The van der Waals surface area contributed by atoms with Crippen LogP contribution in [-0.4, -0.2) is 55.3 Å². The van der Waals surface area contributed by atoms with Crippen LogP contribution in [0.15, 0.2) is 36.4 Å². The number of phenols is 2. The maximum atomic E-state index is 11.8. The van der Waals surface area contributed by atoms with Gasteiger partial charge in [0.25, 0.3) is 0 Å². The number of unbranched alkanes of at least 4 members (excludes halogenated alkanes) is 1. The van der Waals surface area contributed by atoms with Crippen molar-refractivity contribution < 1.29 is 19.7 Å². The summed E-state index contributed by atoms with van der Waals surface area (Å²) in [6.45, 7) is 11.2. The van der Waals surface area contributed by atoms with E-state index in [1.807, 2.05) is 26.0 Å². The summed E-state index contributed by atoms with van der Waals surface area (Å²) in [5.74, 6) is 1.04. The molecule has 0 fully saturated rings. The van der Waals surface area contributed by atoms with Crippen LogP contribution < -0.4 is 11.1 Å². The van der Waals surface area contributed by atoms with Crippen LogP contribution in [0, 0.1) is 0 Å². The van der Waals surface area contributed by atoms with Gasteiger partial charge < -0.3 is 30.6 Å². The Labute approximate surface area is 245 Å². The summed E-state index contributed by atoms with van der Waals surface area (Å²) in [7, 11) is 0. The molecule has 4 aromatic rings. The summed E-state index contributed by atoms with van der Waals surface area (Å²) in [6, 6.07) is 10.6. The summed E-state index contributed by atoms with van der Waals surface area (Å²) in [4.78, 5) is 21.3. The minimum absolute atomic E-state index is 0.0813. The van der Waals surface area contributed by atoms with E-state index in [4.69, 9.17) is 27.1 Å². The third-order valence-corrected chi connectivity index (χ3v) is 7.48. The first kappa shape index (κ1) is 30.4. The number of nitrogens with one attached hydrogen (secondary N) is 1. The van der Waals surface area contributed by atoms with Gasteiger partial charge in [0, 0.05) is 22.8 Å². The Bertz CT molecular complexity index is 1560. The molecule has 0 spiro atoms. The van der Waals surface area contributed by atoms with Crippen LogP contribution in [0.5, 0.6) is 11.5 Å². The van der Waals surface area contributed by atoms with Crippen molar-refractivity contribution >= 4 is 45.3 Å². The van der Waals surface area contributed by atoms with Crippen LogP contribution in [0.2, 0.25) is 0 Å². The van der Waals surface area contributed by atoms with Crippen molar-refractivity contribution in [2.45, 2.75) is 71.4 Å². The molecule has 4 rings (SSSR count). The van der Waals surface area contributed by atoms with E-state index in [1.54, 1.807) is 6.07 Å². The van der Waals surface area contributed by atoms with Crippen molar-refractivity contribution in [2.75, 3.05) is 24.8 Å². The highest BCUT2D eigenvalue weighted by atomic mass is 35.5. The molecule has 0 aliphatic heterocycles. The summed E-state index contributed by atoms with van der Waals surface area (Å²) < 4.78 is 8.17. The zero-order valence-electron chi connectivity index (χ0n) is 24.4. The number of amides is 1. The average Bonchev–Trinajstić information content (AvgIpc) is 3.27. The van der Waals surface area contributed by atoms with Crippen LogP contribution in [0.3, 0.4) is 0 Å². The molecule has 0 aliphatic rings. The summed E-state index contributed by atoms with van der Waals surface area (Å²) in [5, 5.41) is 24.4. The highest BCUT2D eigenvalue weighted by Crippen LogP contribution is 2.35. The van der Waals surface area contributed by atoms with E-state index in [9.17, 15) is 15.0 Å². The van der Waals surface area contributed by atoms with Gasteiger partial charge in [-0.2, -0.15) is 0 Å². The Morgan fingerprint density at radius 1 is 1.10 bits per heavy atom. The van der Waals surface area contributed by atoms with Gasteiger partial charge in [0.2, 0.25) is 5.91 Å². The summed E-state index contributed by atoms with van der Waals surface area (Å²) in [6.07, 6.45) is 2.68. The number of aryl methyl sites for hydroxylation is 1. The minimum atomic E-state index is -0.558. The number of pyridine rings is 1. The van der Waals surface area contributed by atoms with E-state index < -0.39 is 5.54 Å². The zero-order valence-corrected chi connectivity index (χ0v) is 25.2. The number of alkyl halides is 1. The van der Waals surface area contributed by atoms with E-state index in [-0.39, 0.29) is 28.7 Å². The van der Waals surface area contributed by atoms with Crippen molar-refractivity contribution in [2.24, 2.45) is 0 Å². The number of aromatic nitrogens is 3. The second kappa shape index (κ2) is 12.1. The summed E-state index contributed by atoms with van der Waals surface area (Å²) in [5.41, 5.74) is 9.32. The number of imidazole rings is 1. The molecule has 0 aliphatic carbocycles. The Morgan fingerprint density at radius 3 is 2.56 bits per heavy atom. The lowest BCUT2D eigenvalue weighted by molar-refractivity contribution is -0.121. The van der Waals surface area contributed by atoms with Crippen molar-refractivity contribution in [1.29, 1.82) is 0 Å². The van der Waals surface area contributed by atoms with E-state index >= 15 is 0 Å². The molecule has 0 saturated heterocycles. The van der Waals surface area contributed by atoms with Crippen LogP contribution in [0.4, 0.5) is 5.82 Å². The fraction of sp³-hybridized carbons (Fsp3) is 0.452. The molecule has 2 heterocycles. The number of ether oxygens (including phenoxy) is 1. The number of benzene rings is 2. The fourth-order valence-electron chi connectivity index (χ4n) is 5.03. The predicted molar refractivity (Wildman–Crippen MR) is 164 cm³/mol. The molecular formula is C31H40ClN5O4. The molecule has 41 heavy (non-hydrogen) atoms. The van der Waals surface area contributed by atoms with Gasteiger partial charge in [-0.25, -0.2) is 9.97 Å². The summed E-state index contributed by atoms with van der Waals surface area (Å²) >= 11 is 5.65. The van der Waals surface area contributed by atoms with Crippen LogP contribution in [0.1, 0.15) is 64.4 Å². The second-order valence-electron chi connectivity index (χ2n) is 11.9. The smallest absolute Gasteiger partial charge is 0.235 e. The Balaban J connectivity index is 1.76. The SMILES string of the molecule is CCCCc1nc2c(N)nc3ccc(C(C)(C)COCC(C)(C)NC(=O)CCl)cc3c2n1Cc1cc(O)ccc1O. The molecule has 0 unspecified atom stereocenters. The molecule has 0 atom stereocenters. The molecule has 0 radical (unpaired) electrons. The van der Waals surface area contributed by atoms with E-state index in [1.165, 1.54) is 12.1 Å². The number of rotatable bonds is 12. The first-order valence-corrected chi connectivity index (χ1v) is 14.4. The van der Waals surface area contributed by atoms with Crippen molar-refractivity contribution in [3.8, 4) is 11.5 Å². The lowest BCUT2D eigenvalue weighted by Crippen LogP contribution is -2.48. The Morgan fingerprint density at radius 2 is 1.85 bits per heavy atom. The van der Waals surface area contributed by atoms with Crippen molar-refractivity contribution in [3.05, 3.63) is 53.3 Å². The number of nitrogen functional groups attached to an aromatic ring is 1. The number of phenolic OH excluding ortho intramolecular Hbond substituents is 2. The molecular weight excluding hydrogens is 542 g/mol. The third-order valence-electron chi connectivity index (χ3n) is 7.23. The number of carbonyl (C=O) groups excluding carboxylic acids is 1. The van der Waals surface area contributed by atoms with Gasteiger partial charge >= 0.3 is 0 Å². The number of hydrogen-bond donors (Lipinski definition) is 4. The van der Waals surface area contributed by atoms with Crippen molar-refractivity contribution in [1.82, 2.24) is 19.9 Å². The number of anilines is 1. The Hall–Kier alpha value is -3.56. The number of aromatic hydroxyl groups is 2. The fourth-order valence-corrected chi connectivity index (χ4v) is 5.10. The zero-order chi connectivity index (χ0) is 29.9. The van der Waals surface area contributed by atoms with Gasteiger partial charge in [-0.3, -0.25) is 4.79 Å². The number of fused-ring (bicyclic) bond motifs is 3. The Kier molecular flexibility index (Phi) is 8.99. The predicted octanol–water partition coefficient (Wildman–Crippen LogP) is 5.40. The third kappa shape index (κ3) is 6.85. The number of nitrogens with two attached hydrogens (primary N) is 1. The number of nitrogens with zero attached hydrogens (tertiary/aromatic N) is 3. The maximum Gasteiger partial charge on any atom is 0.235 e. The lowest BCUT2D eigenvalue weighted by Gasteiger charge is -2.30. The number of halogens is 1. The molecule has 0 saturated carbocycles. The normalized spacial score (nSPS) is 12.3. The van der Waals surface area contributed by atoms with Gasteiger partial charge in [0.05, 0.1) is 36.3 Å². The van der Waals surface area contributed by atoms with Crippen molar-refractivity contribution in [3.63, 3.8) is 0 Å². The molecule has 0 bridgehead atoms. The molecule has 5 N–H and O–H groups in total. The molecule has 220 valence electrons. The minimum Gasteiger partial charge on any atom is -0.508 e. The quantitative estimate of drug-likeness (QED) is 0.130. The largest absolute Gasteiger partial charge is 0.508 e. The van der Waals surface area contributed by atoms with Gasteiger partial charge in [-0.1, -0.05) is 33.3 Å². The second-order valence-corrected chi connectivity index (χ2v) is 12.2. The van der Waals surface area contributed by atoms with Gasteiger partial charge in [0.1, 0.15) is 28.7 Å². The number of hydrogen-bond acceptors (Lipinski definition) is 7. The van der Waals surface area contributed by atoms with E-state index in [2.05, 4.69) is 41.7 Å². The molecule has 2 aromatic carbocycles. The number of carbonyl (C=O) groups is 1. The average molecular weight is 582 g/mol. The first-order valence-electron chi connectivity index (χ1n) is 13.9. The van der Waals surface area contributed by atoms with Crippen LogP contribution >= 0.6 is 11.6 Å². The van der Waals surface area contributed by atoms with Gasteiger partial charge in [0.15, 0.2) is 5.82 Å². The van der Waals surface area contributed by atoms with Crippen LogP contribution in [0.25, 0.3) is 21.9 Å². The van der Waals surface area contributed by atoms with Gasteiger partial charge in [-0.05, 0) is 56.2 Å². The van der Waals surface area contributed by atoms with E-state index in [0.29, 0.717) is 36.7 Å². The first-order chi connectivity index (χ1) is 19.3. The lowest BCUT2D eigenvalue weighted by atomic mass is 9.84. The molecule has 10 heteroatoms. The standard InChI is InChI=1S/C31H40ClN5O4/c1-6-7-8-25-35-27-28(37(25)16-19-13-21(38)10-12-24(19)39)22-14-20(9-11-23(22)34-29(27)33)30(2,3)17-41-18-31(4,5)36-26(40)15-32/h9-14,38-39H,6-8,15-18H2,1-5H3,(H2,33,34)(H,36,40). The monoisotopic (exact) mass is 581 g/mol. The van der Waals surface area contributed by atoms with E-state index in [0.717, 1.165) is 47.1 Å². The molecule has 9 nitrogen and oxygen atoms in total. The maximum absolute atomic E-state index is 11.8. The highest BCUT2D eigenvalue weighted by molar-refractivity contribution is 6.27. The topological polar surface area (TPSA) is 136 Å². The van der Waals surface area contributed by atoms with Gasteiger partial charge in [-0.15, -0.1) is 11.6 Å². The molecule has 2 aromatic heterocycles. The highest BCUT2D eigenvalue weighted by Gasteiger charge is 2.26.